The number of imidazole rings is 1. The van der Waals surface area contributed by atoms with E-state index in [0.717, 1.165) is 22.9 Å². The molecule has 0 aliphatic rings. The second kappa shape index (κ2) is 7.17. The average Bonchev–Trinajstić information content (AvgIpc) is 3.03. The van der Waals surface area contributed by atoms with E-state index < -0.39 is 0 Å². The van der Waals surface area contributed by atoms with Gasteiger partial charge in [-0.25, -0.2) is 15.0 Å². The maximum atomic E-state index is 5.97. The Kier molecular flexibility index (Phi) is 4.79. The minimum atomic E-state index is 0.387. The quantitative estimate of drug-likeness (QED) is 0.567. The molecule has 0 unspecified atom stereocenters. The molecule has 0 spiro atoms. The molecule has 0 amide bonds. The summed E-state index contributed by atoms with van der Waals surface area (Å²) in [5.41, 5.74) is 10.4. The van der Waals surface area contributed by atoms with Gasteiger partial charge in [0.25, 0.3) is 0 Å². The Bertz CT molecular complexity index is 893. The summed E-state index contributed by atoms with van der Waals surface area (Å²) in [6.07, 6.45) is 5.46. The number of hydrogen-bond acceptors (Lipinski definition) is 3. The van der Waals surface area contributed by atoms with Crippen molar-refractivity contribution in [3.05, 3.63) is 71.4 Å². The fourth-order valence-electron chi connectivity index (χ4n) is 2.46. The lowest BCUT2D eigenvalue weighted by Crippen LogP contribution is -2.22. The van der Waals surface area contributed by atoms with Crippen LogP contribution in [0.4, 0.5) is 5.69 Å². The molecular formula is C19H22N6. The van der Waals surface area contributed by atoms with Gasteiger partial charge < -0.3 is 11.1 Å². The van der Waals surface area contributed by atoms with Crippen LogP contribution in [0, 0.1) is 20.8 Å². The smallest absolute Gasteiger partial charge is 0.193 e. The number of aliphatic imine (C=N–C) groups is 1. The van der Waals surface area contributed by atoms with Gasteiger partial charge in [0.05, 0.1) is 6.54 Å². The Labute approximate surface area is 147 Å². The fourth-order valence-corrected chi connectivity index (χ4v) is 2.46. The van der Waals surface area contributed by atoms with Crippen molar-refractivity contribution in [1.29, 1.82) is 0 Å². The van der Waals surface area contributed by atoms with Gasteiger partial charge in [0, 0.05) is 24.3 Å². The van der Waals surface area contributed by atoms with Crippen molar-refractivity contribution in [2.75, 3.05) is 5.32 Å². The van der Waals surface area contributed by atoms with Gasteiger partial charge in [-0.1, -0.05) is 12.1 Å². The van der Waals surface area contributed by atoms with E-state index in [-0.39, 0.29) is 0 Å². The van der Waals surface area contributed by atoms with E-state index in [2.05, 4.69) is 46.3 Å². The van der Waals surface area contributed by atoms with Crippen molar-refractivity contribution in [1.82, 2.24) is 14.5 Å². The number of nitrogens with zero attached hydrogens (tertiary/aromatic N) is 4. The minimum absolute atomic E-state index is 0.387. The van der Waals surface area contributed by atoms with Crippen LogP contribution in [0.15, 0.2) is 53.9 Å². The molecule has 0 saturated carbocycles. The molecule has 2 heterocycles. The van der Waals surface area contributed by atoms with Gasteiger partial charge in [0.15, 0.2) is 5.96 Å². The summed E-state index contributed by atoms with van der Waals surface area (Å²) in [7, 11) is 0. The molecule has 0 atom stereocenters. The van der Waals surface area contributed by atoms with Crippen molar-refractivity contribution in [2.45, 2.75) is 27.3 Å². The molecule has 0 fully saturated rings. The standard InChI is InChI=1S/C19H22N6/c1-13-4-6-17(10-14(13)2)24-19(20)23-12-16-5-7-18(22-11-16)25-9-8-21-15(25)3/h4-11H,12H2,1-3H3,(H3,20,23,24). The van der Waals surface area contributed by atoms with Crippen LogP contribution in [0.1, 0.15) is 22.5 Å². The molecule has 128 valence electrons. The summed E-state index contributed by atoms with van der Waals surface area (Å²) in [5, 5.41) is 3.12. The Balaban J connectivity index is 1.64. The molecule has 0 radical (unpaired) electrons. The molecule has 25 heavy (non-hydrogen) atoms. The van der Waals surface area contributed by atoms with Gasteiger partial charge in [-0.05, 0) is 55.7 Å². The largest absolute Gasteiger partial charge is 0.370 e. The number of hydrogen-bond donors (Lipinski definition) is 2. The third-order valence-electron chi connectivity index (χ3n) is 4.09. The molecule has 2 aromatic heterocycles. The number of rotatable bonds is 4. The first-order chi connectivity index (χ1) is 12.0. The first-order valence-corrected chi connectivity index (χ1v) is 8.12. The summed E-state index contributed by atoms with van der Waals surface area (Å²) < 4.78 is 1.93. The number of nitrogens with two attached hydrogens (primary N) is 1. The molecule has 0 aliphatic heterocycles. The maximum Gasteiger partial charge on any atom is 0.193 e. The van der Waals surface area contributed by atoms with Gasteiger partial charge in [-0.3, -0.25) is 4.57 Å². The maximum absolute atomic E-state index is 5.97. The zero-order valence-corrected chi connectivity index (χ0v) is 14.7. The second-order valence-corrected chi connectivity index (χ2v) is 5.99. The third kappa shape index (κ3) is 4.03. The predicted octanol–water partition coefficient (Wildman–Crippen LogP) is 3.12. The number of guanidine groups is 1. The van der Waals surface area contributed by atoms with Crippen LogP contribution in [0.3, 0.4) is 0 Å². The number of anilines is 1. The topological polar surface area (TPSA) is 81.1 Å². The Hall–Kier alpha value is -3.15. The molecule has 0 bridgehead atoms. The Morgan fingerprint density at radius 2 is 1.96 bits per heavy atom. The van der Waals surface area contributed by atoms with Crippen LogP contribution in [0.5, 0.6) is 0 Å². The molecule has 3 aromatic rings. The fraction of sp³-hybridized carbons (Fsp3) is 0.211. The predicted molar refractivity (Wildman–Crippen MR) is 101 cm³/mol. The highest BCUT2D eigenvalue weighted by atomic mass is 15.1. The highest BCUT2D eigenvalue weighted by molar-refractivity contribution is 5.92. The van der Waals surface area contributed by atoms with Gasteiger partial charge in [-0.2, -0.15) is 0 Å². The van der Waals surface area contributed by atoms with Crippen molar-refractivity contribution in [3.63, 3.8) is 0 Å². The van der Waals surface area contributed by atoms with Crippen molar-refractivity contribution >= 4 is 11.6 Å². The van der Waals surface area contributed by atoms with E-state index in [1.165, 1.54) is 11.1 Å². The molecule has 0 aliphatic carbocycles. The summed E-state index contributed by atoms with van der Waals surface area (Å²) in [5.74, 6) is 2.13. The minimum Gasteiger partial charge on any atom is -0.370 e. The van der Waals surface area contributed by atoms with E-state index in [1.807, 2.05) is 42.1 Å². The normalized spacial score (nSPS) is 11.6. The molecule has 0 saturated heterocycles. The number of benzene rings is 1. The number of aromatic nitrogens is 3. The lowest BCUT2D eigenvalue weighted by molar-refractivity contribution is 0.922. The molecular weight excluding hydrogens is 312 g/mol. The monoisotopic (exact) mass is 334 g/mol. The number of aryl methyl sites for hydroxylation is 3. The molecule has 3 rings (SSSR count). The Morgan fingerprint density at radius 3 is 2.60 bits per heavy atom. The third-order valence-corrected chi connectivity index (χ3v) is 4.09. The second-order valence-electron chi connectivity index (χ2n) is 5.99. The Morgan fingerprint density at radius 1 is 1.12 bits per heavy atom. The van der Waals surface area contributed by atoms with E-state index in [0.29, 0.717) is 12.5 Å². The number of pyridine rings is 1. The molecule has 3 N–H and O–H groups in total. The zero-order chi connectivity index (χ0) is 17.8. The van der Waals surface area contributed by atoms with Gasteiger partial charge in [0.2, 0.25) is 0 Å². The lowest BCUT2D eigenvalue weighted by Gasteiger charge is -2.08. The summed E-state index contributed by atoms with van der Waals surface area (Å²) in [4.78, 5) is 13.0. The van der Waals surface area contributed by atoms with Gasteiger partial charge >= 0.3 is 0 Å². The van der Waals surface area contributed by atoms with Crippen LogP contribution in [-0.2, 0) is 6.54 Å². The summed E-state index contributed by atoms with van der Waals surface area (Å²) in [6.45, 7) is 6.57. The SMILES string of the molecule is Cc1ccc(NC(N)=NCc2ccc(-n3ccnc3C)nc2)cc1C. The van der Waals surface area contributed by atoms with Crippen molar-refractivity contribution < 1.29 is 0 Å². The molecule has 6 heteroatoms. The average molecular weight is 334 g/mol. The van der Waals surface area contributed by atoms with Crippen molar-refractivity contribution in [2.24, 2.45) is 10.7 Å². The van der Waals surface area contributed by atoms with Crippen LogP contribution in [-0.4, -0.2) is 20.5 Å². The van der Waals surface area contributed by atoms with Gasteiger partial charge in [-0.15, -0.1) is 0 Å². The highest BCUT2D eigenvalue weighted by Gasteiger charge is 2.02. The van der Waals surface area contributed by atoms with E-state index in [4.69, 9.17) is 5.73 Å². The van der Waals surface area contributed by atoms with Crippen LogP contribution in [0.2, 0.25) is 0 Å². The zero-order valence-electron chi connectivity index (χ0n) is 14.7. The first-order valence-electron chi connectivity index (χ1n) is 8.12. The van der Waals surface area contributed by atoms with E-state index >= 15 is 0 Å². The van der Waals surface area contributed by atoms with Crippen LogP contribution in [0.25, 0.3) is 5.82 Å². The highest BCUT2D eigenvalue weighted by Crippen LogP contribution is 2.14. The van der Waals surface area contributed by atoms with E-state index in [1.54, 1.807) is 6.20 Å². The first kappa shape index (κ1) is 16.7. The van der Waals surface area contributed by atoms with Gasteiger partial charge in [0.1, 0.15) is 11.6 Å². The van der Waals surface area contributed by atoms with Crippen LogP contribution >= 0.6 is 0 Å². The molecule has 1 aromatic carbocycles. The molecule has 6 nitrogen and oxygen atoms in total. The summed E-state index contributed by atoms with van der Waals surface area (Å²) >= 11 is 0. The summed E-state index contributed by atoms with van der Waals surface area (Å²) in [6, 6.07) is 10.1. The van der Waals surface area contributed by atoms with E-state index in [9.17, 15) is 0 Å². The van der Waals surface area contributed by atoms with Crippen LogP contribution < -0.4 is 11.1 Å². The number of nitrogens with one attached hydrogen (secondary N) is 1. The lowest BCUT2D eigenvalue weighted by atomic mass is 10.1. The van der Waals surface area contributed by atoms with Crippen molar-refractivity contribution in [3.8, 4) is 5.82 Å².